The van der Waals surface area contributed by atoms with Gasteiger partial charge in [0.15, 0.2) is 0 Å². The molecule has 0 aliphatic carbocycles. The van der Waals surface area contributed by atoms with Gasteiger partial charge in [-0.05, 0) is 6.42 Å². The number of hydrogen-bond acceptors (Lipinski definition) is 2. The third-order valence-corrected chi connectivity index (χ3v) is 2.36. The van der Waals surface area contributed by atoms with Crippen LogP contribution in [-0.4, -0.2) is 10.4 Å². The summed E-state index contributed by atoms with van der Waals surface area (Å²) in [6, 6.07) is 0. The number of hydrogen-bond donors (Lipinski definition) is 1. The molecule has 0 fully saturated rings. The molecule has 0 saturated carbocycles. The van der Waals surface area contributed by atoms with E-state index in [1.165, 1.54) is 38.5 Å². The summed E-state index contributed by atoms with van der Waals surface area (Å²) in [7, 11) is 0. The van der Waals surface area contributed by atoms with E-state index in [1.54, 1.807) is 0 Å². The van der Waals surface area contributed by atoms with Gasteiger partial charge in [-0.15, -0.1) is 0 Å². The van der Waals surface area contributed by atoms with E-state index in [2.05, 4.69) is 12.1 Å². The first kappa shape index (κ1) is 12.8. The Bertz CT molecular complexity index is 137. The SMILES string of the molecule is CCCCCCCCC/C(Cl)=N/O. The molecule has 78 valence electrons. The van der Waals surface area contributed by atoms with Gasteiger partial charge in [0.2, 0.25) is 0 Å². The Kier molecular flexibility index (Phi) is 9.66. The largest absolute Gasteiger partial charge is 0.410 e. The van der Waals surface area contributed by atoms with Crippen molar-refractivity contribution in [3.8, 4) is 0 Å². The first-order chi connectivity index (χ1) is 6.31. The molecule has 2 nitrogen and oxygen atoms in total. The van der Waals surface area contributed by atoms with Crippen molar-refractivity contribution >= 4 is 16.8 Å². The Morgan fingerprint density at radius 3 is 2.15 bits per heavy atom. The van der Waals surface area contributed by atoms with E-state index in [4.69, 9.17) is 16.8 Å². The lowest BCUT2D eigenvalue weighted by atomic mass is 10.1. The van der Waals surface area contributed by atoms with Crippen molar-refractivity contribution in [3.63, 3.8) is 0 Å². The number of rotatable bonds is 8. The minimum absolute atomic E-state index is 0.327. The van der Waals surface area contributed by atoms with E-state index in [9.17, 15) is 0 Å². The molecule has 0 aromatic carbocycles. The fraction of sp³-hybridized carbons (Fsp3) is 0.900. The first-order valence-electron chi connectivity index (χ1n) is 5.17. The zero-order chi connectivity index (χ0) is 9.94. The molecule has 0 aromatic heterocycles. The second-order valence-corrected chi connectivity index (χ2v) is 3.78. The van der Waals surface area contributed by atoms with Gasteiger partial charge in [0.25, 0.3) is 0 Å². The quantitative estimate of drug-likeness (QED) is 0.275. The van der Waals surface area contributed by atoms with E-state index >= 15 is 0 Å². The molecule has 0 heterocycles. The minimum atomic E-state index is 0.327. The van der Waals surface area contributed by atoms with Crippen molar-refractivity contribution in [3.05, 3.63) is 0 Å². The molecule has 13 heavy (non-hydrogen) atoms. The summed E-state index contributed by atoms with van der Waals surface area (Å²) in [5.74, 6) is 0. The molecule has 0 aliphatic heterocycles. The van der Waals surface area contributed by atoms with Gasteiger partial charge in [-0.3, -0.25) is 0 Å². The molecule has 0 atom stereocenters. The zero-order valence-corrected chi connectivity index (χ0v) is 9.19. The highest BCUT2D eigenvalue weighted by atomic mass is 35.5. The third kappa shape index (κ3) is 9.68. The number of unbranched alkanes of at least 4 members (excludes halogenated alkanes) is 6. The highest BCUT2D eigenvalue weighted by Gasteiger charge is 1.95. The van der Waals surface area contributed by atoms with Crippen molar-refractivity contribution in [1.29, 1.82) is 0 Å². The van der Waals surface area contributed by atoms with E-state index < -0.39 is 0 Å². The average molecular weight is 206 g/mol. The lowest BCUT2D eigenvalue weighted by molar-refractivity contribution is 0.319. The molecule has 0 aromatic rings. The summed E-state index contributed by atoms with van der Waals surface area (Å²) in [6.07, 6.45) is 9.52. The summed E-state index contributed by atoms with van der Waals surface area (Å²) < 4.78 is 0. The van der Waals surface area contributed by atoms with Crippen molar-refractivity contribution in [1.82, 2.24) is 0 Å². The maximum atomic E-state index is 8.26. The molecule has 0 unspecified atom stereocenters. The van der Waals surface area contributed by atoms with Crippen LogP contribution in [0.3, 0.4) is 0 Å². The Balaban J connectivity index is 3.00. The topological polar surface area (TPSA) is 32.6 Å². The van der Waals surface area contributed by atoms with Crippen LogP contribution in [0.2, 0.25) is 0 Å². The monoisotopic (exact) mass is 205 g/mol. The number of halogens is 1. The van der Waals surface area contributed by atoms with Crippen molar-refractivity contribution < 1.29 is 5.21 Å². The third-order valence-electron chi connectivity index (χ3n) is 2.10. The fourth-order valence-corrected chi connectivity index (χ4v) is 1.41. The molecule has 0 aliphatic rings. The van der Waals surface area contributed by atoms with Crippen LogP contribution < -0.4 is 0 Å². The Labute approximate surface area is 86.0 Å². The minimum Gasteiger partial charge on any atom is -0.410 e. The van der Waals surface area contributed by atoms with Crippen molar-refractivity contribution in [2.24, 2.45) is 5.16 Å². The van der Waals surface area contributed by atoms with Crippen LogP contribution in [0.5, 0.6) is 0 Å². The van der Waals surface area contributed by atoms with Gasteiger partial charge < -0.3 is 5.21 Å². The molecule has 0 spiro atoms. The van der Waals surface area contributed by atoms with Gasteiger partial charge in [-0.2, -0.15) is 0 Å². The van der Waals surface area contributed by atoms with E-state index in [0.717, 1.165) is 6.42 Å². The number of nitrogens with zero attached hydrogens (tertiary/aromatic N) is 1. The van der Waals surface area contributed by atoms with Gasteiger partial charge in [-0.25, -0.2) is 0 Å². The lowest BCUT2D eigenvalue weighted by Gasteiger charge is -1.99. The van der Waals surface area contributed by atoms with Crippen LogP contribution in [0.15, 0.2) is 5.16 Å². The zero-order valence-electron chi connectivity index (χ0n) is 8.43. The first-order valence-corrected chi connectivity index (χ1v) is 5.55. The van der Waals surface area contributed by atoms with Crippen molar-refractivity contribution in [2.45, 2.75) is 58.3 Å². The van der Waals surface area contributed by atoms with E-state index in [0.29, 0.717) is 11.6 Å². The fourth-order valence-electron chi connectivity index (χ4n) is 1.28. The van der Waals surface area contributed by atoms with Gasteiger partial charge in [0.05, 0.1) is 0 Å². The standard InChI is InChI=1S/C10H20ClNO/c1-2-3-4-5-6-7-8-9-10(11)12-13/h13H,2-9H2,1H3/b12-10-. The van der Waals surface area contributed by atoms with Crippen LogP contribution in [0, 0.1) is 0 Å². The lowest BCUT2D eigenvalue weighted by Crippen LogP contribution is -1.87. The van der Waals surface area contributed by atoms with E-state index in [1.807, 2.05) is 0 Å². The highest BCUT2D eigenvalue weighted by Crippen LogP contribution is 2.09. The summed E-state index contributed by atoms with van der Waals surface area (Å²) in [4.78, 5) is 0. The summed E-state index contributed by atoms with van der Waals surface area (Å²) >= 11 is 5.53. The van der Waals surface area contributed by atoms with Gasteiger partial charge in [0, 0.05) is 6.42 Å². The maximum absolute atomic E-state index is 8.26. The van der Waals surface area contributed by atoms with Gasteiger partial charge in [0.1, 0.15) is 5.17 Å². The van der Waals surface area contributed by atoms with Crippen LogP contribution in [-0.2, 0) is 0 Å². The Morgan fingerprint density at radius 1 is 1.08 bits per heavy atom. The van der Waals surface area contributed by atoms with Crippen LogP contribution >= 0.6 is 11.6 Å². The van der Waals surface area contributed by atoms with Gasteiger partial charge >= 0.3 is 0 Å². The second-order valence-electron chi connectivity index (χ2n) is 3.35. The Morgan fingerprint density at radius 2 is 1.62 bits per heavy atom. The Hall–Kier alpha value is -0.240. The maximum Gasteiger partial charge on any atom is 0.145 e. The molecular weight excluding hydrogens is 186 g/mol. The molecule has 0 radical (unpaired) electrons. The highest BCUT2D eigenvalue weighted by molar-refractivity contribution is 6.65. The van der Waals surface area contributed by atoms with Crippen LogP contribution in [0.1, 0.15) is 58.3 Å². The molecule has 0 amide bonds. The van der Waals surface area contributed by atoms with Crippen LogP contribution in [0.4, 0.5) is 0 Å². The molecule has 0 rings (SSSR count). The molecule has 3 heteroatoms. The van der Waals surface area contributed by atoms with Crippen molar-refractivity contribution in [2.75, 3.05) is 0 Å². The normalized spacial score (nSPS) is 12.0. The smallest absolute Gasteiger partial charge is 0.145 e. The summed E-state index contributed by atoms with van der Waals surface area (Å²) in [5.41, 5.74) is 0. The van der Waals surface area contributed by atoms with Gasteiger partial charge in [-0.1, -0.05) is 62.2 Å². The molecular formula is C10H20ClNO. The average Bonchev–Trinajstić information content (AvgIpc) is 2.16. The predicted octanol–water partition coefficient (Wildman–Crippen LogP) is 4.15. The molecule has 0 saturated heterocycles. The number of oxime groups is 1. The van der Waals surface area contributed by atoms with E-state index in [-0.39, 0.29) is 0 Å². The predicted molar refractivity (Wildman–Crippen MR) is 57.7 cm³/mol. The second kappa shape index (κ2) is 9.85. The van der Waals surface area contributed by atoms with Crippen LogP contribution in [0.25, 0.3) is 0 Å². The molecule has 0 bridgehead atoms. The summed E-state index contributed by atoms with van der Waals surface area (Å²) in [6.45, 7) is 2.22. The molecule has 1 N–H and O–H groups in total. The summed E-state index contributed by atoms with van der Waals surface area (Å²) in [5, 5.41) is 11.5.